The Morgan fingerprint density at radius 1 is 1.26 bits per heavy atom. The van der Waals surface area contributed by atoms with E-state index >= 15 is 0 Å². The van der Waals surface area contributed by atoms with Crippen molar-refractivity contribution in [1.29, 1.82) is 0 Å². The second-order valence-electron chi connectivity index (χ2n) is 4.13. The molecule has 0 aliphatic rings. The van der Waals surface area contributed by atoms with Crippen LogP contribution in [0.15, 0.2) is 24.3 Å². The Hall–Kier alpha value is -1.59. The molecule has 0 saturated heterocycles. The predicted molar refractivity (Wildman–Crippen MR) is 77.1 cm³/mol. The Kier molecular flexibility index (Phi) is 7.79. The van der Waals surface area contributed by atoms with Crippen molar-refractivity contribution in [3.05, 3.63) is 35.4 Å². The van der Waals surface area contributed by atoms with Crippen LogP contribution in [-0.2, 0) is 11.3 Å². The Morgan fingerprint density at radius 3 is 2.32 bits per heavy atom. The van der Waals surface area contributed by atoms with Crippen molar-refractivity contribution in [1.82, 2.24) is 10.6 Å². The summed E-state index contributed by atoms with van der Waals surface area (Å²) in [6.07, 6.45) is 0. The smallest absolute Gasteiger partial charge is 0.251 e. The minimum Gasteiger partial charge on any atom is -0.355 e. The fourth-order valence-electron chi connectivity index (χ4n) is 1.39. The highest BCUT2D eigenvalue weighted by atomic mass is 35.5. The van der Waals surface area contributed by atoms with Gasteiger partial charge in [-0.2, -0.15) is 0 Å². The van der Waals surface area contributed by atoms with Gasteiger partial charge in [-0.3, -0.25) is 9.59 Å². The molecule has 19 heavy (non-hydrogen) atoms. The predicted octanol–water partition coefficient (Wildman–Crippen LogP) is 0.679. The van der Waals surface area contributed by atoms with E-state index in [1.165, 1.54) is 0 Å². The van der Waals surface area contributed by atoms with Gasteiger partial charge in [0.25, 0.3) is 5.91 Å². The van der Waals surface area contributed by atoms with Crippen LogP contribution in [-0.4, -0.2) is 25.4 Å². The van der Waals surface area contributed by atoms with Crippen LogP contribution in [0.1, 0.15) is 22.8 Å². The van der Waals surface area contributed by atoms with Gasteiger partial charge in [-0.1, -0.05) is 19.1 Å². The molecule has 1 atom stereocenters. The van der Waals surface area contributed by atoms with Crippen molar-refractivity contribution in [2.24, 2.45) is 11.7 Å². The van der Waals surface area contributed by atoms with Crippen molar-refractivity contribution in [3.63, 3.8) is 0 Å². The maximum absolute atomic E-state index is 11.5. The van der Waals surface area contributed by atoms with Crippen LogP contribution >= 0.6 is 12.4 Å². The molecule has 1 unspecified atom stereocenters. The van der Waals surface area contributed by atoms with Gasteiger partial charge in [0, 0.05) is 31.6 Å². The van der Waals surface area contributed by atoms with Gasteiger partial charge in [-0.15, -0.1) is 12.4 Å². The summed E-state index contributed by atoms with van der Waals surface area (Å²) >= 11 is 0. The van der Waals surface area contributed by atoms with E-state index in [1.54, 1.807) is 26.1 Å². The highest BCUT2D eigenvalue weighted by Crippen LogP contribution is 2.04. The van der Waals surface area contributed by atoms with E-state index in [1.807, 2.05) is 12.1 Å². The summed E-state index contributed by atoms with van der Waals surface area (Å²) < 4.78 is 0. The average molecular weight is 286 g/mol. The minimum absolute atomic E-state index is 0. The third-order valence-electron chi connectivity index (χ3n) is 2.71. The molecule has 0 aliphatic carbocycles. The largest absolute Gasteiger partial charge is 0.355 e. The lowest BCUT2D eigenvalue weighted by molar-refractivity contribution is -0.124. The highest BCUT2D eigenvalue weighted by molar-refractivity contribution is 5.93. The molecule has 0 heterocycles. The molecule has 1 aromatic carbocycles. The number of amides is 2. The molecule has 1 rings (SSSR count). The lowest BCUT2D eigenvalue weighted by Crippen LogP contribution is -2.32. The van der Waals surface area contributed by atoms with E-state index in [9.17, 15) is 9.59 Å². The first kappa shape index (κ1) is 17.4. The van der Waals surface area contributed by atoms with Gasteiger partial charge < -0.3 is 16.4 Å². The van der Waals surface area contributed by atoms with Crippen molar-refractivity contribution in [2.45, 2.75) is 13.5 Å². The summed E-state index contributed by atoms with van der Waals surface area (Å²) in [6.45, 7) is 2.56. The van der Waals surface area contributed by atoms with Crippen LogP contribution in [0.2, 0.25) is 0 Å². The van der Waals surface area contributed by atoms with E-state index in [0.717, 1.165) is 5.56 Å². The summed E-state index contributed by atoms with van der Waals surface area (Å²) in [5.41, 5.74) is 6.95. The molecular formula is C13H20ClN3O2. The summed E-state index contributed by atoms with van der Waals surface area (Å²) in [5.74, 6) is -0.370. The molecule has 0 fully saturated rings. The molecule has 0 aromatic heterocycles. The van der Waals surface area contributed by atoms with Crippen LogP contribution in [0, 0.1) is 5.92 Å². The van der Waals surface area contributed by atoms with Crippen LogP contribution < -0.4 is 16.4 Å². The number of carbonyl (C=O) groups is 2. The van der Waals surface area contributed by atoms with Crippen LogP contribution in [0.5, 0.6) is 0 Å². The molecule has 106 valence electrons. The van der Waals surface area contributed by atoms with Gasteiger partial charge in [0.2, 0.25) is 5.91 Å². The third-order valence-corrected chi connectivity index (χ3v) is 2.71. The molecule has 0 spiro atoms. The fraction of sp³-hybridized carbons (Fsp3) is 0.385. The van der Waals surface area contributed by atoms with Gasteiger partial charge in [0.15, 0.2) is 0 Å². The number of nitrogens with one attached hydrogen (secondary N) is 2. The first-order chi connectivity index (χ1) is 8.58. The van der Waals surface area contributed by atoms with Gasteiger partial charge in [-0.05, 0) is 17.7 Å². The SMILES string of the molecule is CNC(=O)c1ccc(CNC(=O)C(C)CN)cc1.Cl. The second kappa shape index (κ2) is 8.50. The second-order valence-corrected chi connectivity index (χ2v) is 4.13. The highest BCUT2D eigenvalue weighted by Gasteiger charge is 2.10. The average Bonchev–Trinajstić information content (AvgIpc) is 2.43. The Bertz CT molecular complexity index is 420. The van der Waals surface area contributed by atoms with Crippen molar-refractivity contribution in [3.8, 4) is 0 Å². The maximum atomic E-state index is 11.5. The van der Waals surface area contributed by atoms with Crippen molar-refractivity contribution < 1.29 is 9.59 Å². The number of hydrogen-bond donors (Lipinski definition) is 3. The standard InChI is InChI=1S/C13H19N3O2.ClH/c1-9(7-14)12(17)16-8-10-3-5-11(6-4-10)13(18)15-2;/h3-6,9H,7-8,14H2,1-2H3,(H,15,18)(H,16,17);1H. The molecule has 6 heteroatoms. The summed E-state index contributed by atoms with van der Waals surface area (Å²) in [4.78, 5) is 22.8. The zero-order chi connectivity index (χ0) is 13.5. The quantitative estimate of drug-likeness (QED) is 0.744. The van der Waals surface area contributed by atoms with E-state index in [0.29, 0.717) is 18.7 Å². The lowest BCUT2D eigenvalue weighted by Gasteiger charge is -2.10. The van der Waals surface area contributed by atoms with E-state index in [2.05, 4.69) is 10.6 Å². The van der Waals surface area contributed by atoms with Gasteiger partial charge in [0.1, 0.15) is 0 Å². The van der Waals surface area contributed by atoms with Crippen LogP contribution in [0.4, 0.5) is 0 Å². The van der Waals surface area contributed by atoms with Gasteiger partial charge >= 0.3 is 0 Å². The first-order valence-corrected chi connectivity index (χ1v) is 5.87. The molecule has 1 aromatic rings. The Labute approximate surface area is 119 Å². The molecule has 0 saturated carbocycles. The Morgan fingerprint density at radius 2 is 1.84 bits per heavy atom. The van der Waals surface area contributed by atoms with Crippen molar-refractivity contribution >= 4 is 24.2 Å². The number of halogens is 1. The van der Waals surface area contributed by atoms with E-state index < -0.39 is 0 Å². The molecule has 0 aliphatic heterocycles. The monoisotopic (exact) mass is 285 g/mol. The molecule has 0 bridgehead atoms. The maximum Gasteiger partial charge on any atom is 0.251 e. The van der Waals surface area contributed by atoms with Gasteiger partial charge in [-0.25, -0.2) is 0 Å². The number of carbonyl (C=O) groups excluding carboxylic acids is 2. The third kappa shape index (κ3) is 5.28. The zero-order valence-electron chi connectivity index (χ0n) is 11.1. The lowest BCUT2D eigenvalue weighted by atomic mass is 10.1. The summed E-state index contributed by atoms with van der Waals surface area (Å²) in [6, 6.07) is 7.09. The molecule has 2 amide bonds. The topological polar surface area (TPSA) is 84.2 Å². The van der Waals surface area contributed by atoms with E-state index in [4.69, 9.17) is 5.73 Å². The van der Waals surface area contributed by atoms with Crippen LogP contribution in [0.3, 0.4) is 0 Å². The first-order valence-electron chi connectivity index (χ1n) is 5.87. The number of benzene rings is 1. The summed E-state index contributed by atoms with van der Waals surface area (Å²) in [7, 11) is 1.59. The van der Waals surface area contributed by atoms with Gasteiger partial charge in [0.05, 0.1) is 0 Å². The van der Waals surface area contributed by atoms with E-state index in [-0.39, 0.29) is 30.1 Å². The van der Waals surface area contributed by atoms with Crippen molar-refractivity contribution in [2.75, 3.05) is 13.6 Å². The number of hydrogen-bond acceptors (Lipinski definition) is 3. The molecule has 5 nitrogen and oxygen atoms in total. The number of rotatable bonds is 5. The molecule has 4 N–H and O–H groups in total. The normalized spacial score (nSPS) is 11.1. The van der Waals surface area contributed by atoms with Crippen LogP contribution in [0.25, 0.3) is 0 Å². The molecular weight excluding hydrogens is 266 g/mol. The summed E-state index contributed by atoms with van der Waals surface area (Å²) in [5, 5.41) is 5.34. The number of nitrogens with two attached hydrogens (primary N) is 1. The molecule has 0 radical (unpaired) electrons. The Balaban J connectivity index is 0.00000324. The fourth-order valence-corrected chi connectivity index (χ4v) is 1.39. The zero-order valence-corrected chi connectivity index (χ0v) is 11.9. The minimum atomic E-state index is -0.185.